The van der Waals surface area contributed by atoms with E-state index in [0.29, 0.717) is 6.07 Å². The SMILES string of the molecule is O=C(c1ccc(C(F)(F)F)cc1)N1CCN(S(=O)(=O)c2ccc(F)cc2F)CC1. The molecule has 0 radical (unpaired) electrons. The van der Waals surface area contributed by atoms with E-state index in [1.807, 2.05) is 0 Å². The highest BCUT2D eigenvalue weighted by Crippen LogP contribution is 2.29. The van der Waals surface area contributed by atoms with E-state index in [9.17, 15) is 35.2 Å². The third-order valence-electron chi connectivity index (χ3n) is 4.50. The van der Waals surface area contributed by atoms with Crippen LogP contribution in [-0.4, -0.2) is 49.7 Å². The number of carbonyl (C=O) groups is 1. The predicted octanol–water partition coefficient (Wildman–Crippen LogP) is 3.13. The Bertz CT molecular complexity index is 1010. The van der Waals surface area contributed by atoms with Crippen LogP contribution in [0, 0.1) is 11.6 Å². The van der Waals surface area contributed by atoms with Crippen molar-refractivity contribution in [3.8, 4) is 0 Å². The Morgan fingerprint density at radius 2 is 1.48 bits per heavy atom. The lowest BCUT2D eigenvalue weighted by Gasteiger charge is -2.34. The van der Waals surface area contributed by atoms with Crippen LogP contribution in [0.25, 0.3) is 0 Å². The van der Waals surface area contributed by atoms with Crippen LogP contribution in [0.1, 0.15) is 15.9 Å². The van der Waals surface area contributed by atoms with Gasteiger partial charge >= 0.3 is 6.18 Å². The standard InChI is InChI=1S/C18H15F5N2O3S/c19-14-5-6-16(15(20)11-14)29(27,28)25-9-7-24(8-10-25)17(26)12-1-3-13(4-2-12)18(21,22)23/h1-6,11H,7-10H2. The highest BCUT2D eigenvalue weighted by Gasteiger charge is 2.33. The van der Waals surface area contributed by atoms with Gasteiger partial charge in [-0.15, -0.1) is 0 Å². The number of piperazine rings is 1. The topological polar surface area (TPSA) is 57.7 Å². The van der Waals surface area contributed by atoms with Crippen LogP contribution in [0.4, 0.5) is 22.0 Å². The minimum absolute atomic E-state index is 0.0259. The van der Waals surface area contributed by atoms with Crippen LogP contribution in [-0.2, 0) is 16.2 Å². The van der Waals surface area contributed by atoms with Crippen molar-refractivity contribution in [1.82, 2.24) is 9.21 Å². The first kappa shape index (κ1) is 21.2. The van der Waals surface area contributed by atoms with E-state index in [0.717, 1.165) is 40.7 Å². The van der Waals surface area contributed by atoms with E-state index < -0.39 is 44.2 Å². The van der Waals surface area contributed by atoms with Gasteiger partial charge in [0.2, 0.25) is 10.0 Å². The van der Waals surface area contributed by atoms with Gasteiger partial charge in [0.15, 0.2) is 0 Å². The second kappa shape index (κ2) is 7.71. The quantitative estimate of drug-likeness (QED) is 0.698. The van der Waals surface area contributed by atoms with Crippen LogP contribution in [0.2, 0.25) is 0 Å². The number of halogens is 5. The summed E-state index contributed by atoms with van der Waals surface area (Å²) < 4.78 is 90.8. The minimum Gasteiger partial charge on any atom is -0.336 e. The monoisotopic (exact) mass is 434 g/mol. The largest absolute Gasteiger partial charge is 0.416 e. The first-order valence-electron chi connectivity index (χ1n) is 8.42. The molecule has 0 atom stereocenters. The van der Waals surface area contributed by atoms with Gasteiger partial charge in [0.1, 0.15) is 16.5 Å². The molecule has 0 saturated carbocycles. The molecule has 0 spiro atoms. The van der Waals surface area contributed by atoms with Crippen molar-refractivity contribution in [1.29, 1.82) is 0 Å². The van der Waals surface area contributed by atoms with Crippen molar-refractivity contribution >= 4 is 15.9 Å². The van der Waals surface area contributed by atoms with E-state index in [1.54, 1.807) is 0 Å². The molecule has 29 heavy (non-hydrogen) atoms. The maximum Gasteiger partial charge on any atom is 0.416 e. The molecule has 1 saturated heterocycles. The molecule has 156 valence electrons. The Balaban J connectivity index is 1.69. The highest BCUT2D eigenvalue weighted by molar-refractivity contribution is 7.89. The number of carbonyl (C=O) groups excluding carboxylic acids is 1. The van der Waals surface area contributed by atoms with Gasteiger partial charge in [0.05, 0.1) is 5.56 Å². The molecule has 11 heteroatoms. The summed E-state index contributed by atoms with van der Waals surface area (Å²) >= 11 is 0. The van der Waals surface area contributed by atoms with Crippen LogP contribution in [0.5, 0.6) is 0 Å². The fourth-order valence-electron chi connectivity index (χ4n) is 2.94. The summed E-state index contributed by atoms with van der Waals surface area (Å²) in [5, 5.41) is 0. The lowest BCUT2D eigenvalue weighted by molar-refractivity contribution is -0.137. The van der Waals surface area contributed by atoms with Gasteiger partial charge in [-0.2, -0.15) is 17.5 Å². The highest BCUT2D eigenvalue weighted by atomic mass is 32.2. The van der Waals surface area contributed by atoms with E-state index in [4.69, 9.17) is 0 Å². The van der Waals surface area contributed by atoms with Crippen LogP contribution >= 0.6 is 0 Å². The zero-order chi connectivity index (χ0) is 21.4. The summed E-state index contributed by atoms with van der Waals surface area (Å²) in [7, 11) is -4.22. The van der Waals surface area contributed by atoms with Gasteiger partial charge in [-0.1, -0.05) is 0 Å². The molecule has 0 N–H and O–H groups in total. The minimum atomic E-state index is -4.52. The number of alkyl halides is 3. The number of benzene rings is 2. The Morgan fingerprint density at radius 1 is 0.897 bits per heavy atom. The molecular formula is C18H15F5N2O3S. The molecule has 1 aliphatic heterocycles. The maximum absolute atomic E-state index is 13.9. The summed E-state index contributed by atoms with van der Waals surface area (Å²) in [6.07, 6.45) is -4.52. The summed E-state index contributed by atoms with van der Waals surface area (Å²) in [5.41, 5.74) is -0.842. The molecule has 3 rings (SSSR count). The lowest BCUT2D eigenvalue weighted by atomic mass is 10.1. The Labute approximate surface area is 163 Å². The molecule has 1 fully saturated rings. The normalized spacial score (nSPS) is 16.1. The summed E-state index contributed by atoms with van der Waals surface area (Å²) in [5.74, 6) is -2.66. The molecule has 5 nitrogen and oxygen atoms in total. The Kier molecular flexibility index (Phi) is 5.63. The zero-order valence-corrected chi connectivity index (χ0v) is 15.6. The van der Waals surface area contributed by atoms with Gasteiger partial charge < -0.3 is 4.90 Å². The second-order valence-electron chi connectivity index (χ2n) is 6.35. The Morgan fingerprint density at radius 3 is 2.00 bits per heavy atom. The van der Waals surface area contributed by atoms with Crippen molar-refractivity contribution < 1.29 is 35.2 Å². The van der Waals surface area contributed by atoms with Gasteiger partial charge in [0.25, 0.3) is 5.91 Å². The van der Waals surface area contributed by atoms with Gasteiger partial charge in [0, 0.05) is 37.8 Å². The second-order valence-corrected chi connectivity index (χ2v) is 8.25. The third-order valence-corrected chi connectivity index (χ3v) is 6.43. The van der Waals surface area contributed by atoms with Gasteiger partial charge in [-0.05, 0) is 36.4 Å². The molecule has 1 heterocycles. The summed E-state index contributed by atoms with van der Waals surface area (Å²) in [6, 6.07) is 5.85. The molecular weight excluding hydrogens is 419 g/mol. The number of sulfonamides is 1. The summed E-state index contributed by atoms with van der Waals surface area (Å²) in [4.78, 5) is 13.1. The molecule has 0 bridgehead atoms. The first-order chi connectivity index (χ1) is 13.5. The molecule has 0 aliphatic carbocycles. The number of hydrogen-bond acceptors (Lipinski definition) is 3. The van der Waals surface area contributed by atoms with E-state index in [1.165, 1.54) is 4.90 Å². The van der Waals surface area contributed by atoms with E-state index in [-0.39, 0.29) is 31.7 Å². The average Bonchev–Trinajstić information content (AvgIpc) is 2.66. The molecule has 0 unspecified atom stereocenters. The smallest absolute Gasteiger partial charge is 0.336 e. The van der Waals surface area contributed by atoms with Crippen molar-refractivity contribution in [2.75, 3.05) is 26.2 Å². The van der Waals surface area contributed by atoms with E-state index >= 15 is 0 Å². The number of rotatable bonds is 3. The summed E-state index contributed by atoms with van der Waals surface area (Å²) in [6.45, 7) is -0.319. The number of amides is 1. The first-order valence-corrected chi connectivity index (χ1v) is 9.86. The molecule has 1 amide bonds. The van der Waals surface area contributed by atoms with Crippen LogP contribution < -0.4 is 0 Å². The van der Waals surface area contributed by atoms with Crippen molar-refractivity contribution in [3.05, 3.63) is 65.2 Å². The van der Waals surface area contributed by atoms with Crippen LogP contribution in [0.15, 0.2) is 47.4 Å². The predicted molar refractivity (Wildman–Crippen MR) is 92.5 cm³/mol. The van der Waals surface area contributed by atoms with Crippen molar-refractivity contribution in [2.24, 2.45) is 0 Å². The van der Waals surface area contributed by atoms with Crippen molar-refractivity contribution in [2.45, 2.75) is 11.1 Å². The zero-order valence-electron chi connectivity index (χ0n) is 14.8. The molecule has 1 aliphatic rings. The number of hydrogen-bond donors (Lipinski definition) is 0. The van der Waals surface area contributed by atoms with Crippen LogP contribution in [0.3, 0.4) is 0 Å². The fourth-order valence-corrected chi connectivity index (χ4v) is 4.41. The average molecular weight is 434 g/mol. The third kappa shape index (κ3) is 4.40. The van der Waals surface area contributed by atoms with E-state index in [2.05, 4.69) is 0 Å². The fraction of sp³-hybridized carbons (Fsp3) is 0.278. The van der Waals surface area contributed by atoms with Gasteiger partial charge in [-0.3, -0.25) is 4.79 Å². The van der Waals surface area contributed by atoms with Gasteiger partial charge in [-0.25, -0.2) is 17.2 Å². The lowest BCUT2D eigenvalue weighted by Crippen LogP contribution is -2.50. The Hall–Kier alpha value is -2.53. The van der Waals surface area contributed by atoms with Crippen molar-refractivity contribution in [3.63, 3.8) is 0 Å². The molecule has 0 aromatic heterocycles. The molecule has 2 aromatic rings. The molecule has 2 aromatic carbocycles. The maximum atomic E-state index is 13.9. The number of nitrogens with zero attached hydrogens (tertiary/aromatic N) is 2.